The van der Waals surface area contributed by atoms with Crippen LogP contribution < -0.4 is 20.3 Å². The molecule has 0 saturated carbocycles. The number of hydrogen-bond acceptors (Lipinski definition) is 6. The smallest absolute Gasteiger partial charge is 0.246 e. The molecule has 11 heteroatoms. The standard InChI is InChI=1S/C31H29Cl2N5O4/c1-4-27(39)37-26-14-9-20(16-34-26)10-15-28(40)35-17-29(41)38(3)24-13-12-23(32)22(30(24)33)18-42-25-7-5-6-21-11-8-19(2)36-31(21)25/h5-16H,4,17-18H2,1-3H3,(H,35,40)(H,34,37,39). The fourth-order valence-corrected chi connectivity index (χ4v) is 4.52. The number of aryl methyl sites for hydroxylation is 1. The van der Waals surface area contributed by atoms with Gasteiger partial charge in [-0.15, -0.1) is 0 Å². The number of amides is 3. The fourth-order valence-electron chi connectivity index (χ4n) is 3.92. The lowest BCUT2D eigenvalue weighted by Crippen LogP contribution is -2.37. The summed E-state index contributed by atoms with van der Waals surface area (Å²) in [4.78, 5) is 46.7. The molecule has 0 fully saturated rings. The summed E-state index contributed by atoms with van der Waals surface area (Å²) in [5.74, 6) is 0.0182. The third-order valence-corrected chi connectivity index (χ3v) is 7.09. The van der Waals surface area contributed by atoms with Crippen molar-refractivity contribution in [1.82, 2.24) is 15.3 Å². The molecule has 0 spiro atoms. The Morgan fingerprint density at radius 2 is 1.86 bits per heavy atom. The van der Waals surface area contributed by atoms with Gasteiger partial charge in [-0.3, -0.25) is 14.4 Å². The first-order valence-corrected chi connectivity index (χ1v) is 13.9. The van der Waals surface area contributed by atoms with Crippen LogP contribution in [-0.2, 0) is 21.0 Å². The summed E-state index contributed by atoms with van der Waals surface area (Å²) >= 11 is 13.1. The second kappa shape index (κ2) is 13.9. The molecule has 2 aromatic carbocycles. The molecular formula is C31H29Cl2N5O4. The molecule has 0 aliphatic rings. The number of likely N-dealkylation sites (N-methyl/N-ethyl adjacent to an activating group) is 1. The van der Waals surface area contributed by atoms with Crippen LogP contribution in [0.5, 0.6) is 5.75 Å². The molecular weight excluding hydrogens is 577 g/mol. The number of carbonyl (C=O) groups excluding carboxylic acids is 3. The lowest BCUT2D eigenvalue weighted by atomic mass is 10.1. The Hall–Kier alpha value is -4.47. The molecule has 4 aromatic rings. The number of para-hydroxylation sites is 1. The molecule has 0 bridgehead atoms. The minimum absolute atomic E-state index is 0.0601. The largest absolute Gasteiger partial charge is 0.487 e. The van der Waals surface area contributed by atoms with Gasteiger partial charge in [-0.2, -0.15) is 0 Å². The SMILES string of the molecule is CCC(=O)Nc1ccc(C=CC(=O)NCC(=O)N(C)c2ccc(Cl)c(COc3cccc4ccc(C)nc34)c2Cl)cn1. The second-order valence-electron chi connectivity index (χ2n) is 9.31. The molecule has 0 aliphatic carbocycles. The molecule has 0 aliphatic heterocycles. The van der Waals surface area contributed by atoms with E-state index in [0.29, 0.717) is 39.8 Å². The Balaban J connectivity index is 1.37. The fraction of sp³-hybridized carbons (Fsp3) is 0.194. The number of carbonyl (C=O) groups is 3. The van der Waals surface area contributed by atoms with Crippen molar-refractivity contribution < 1.29 is 19.1 Å². The second-order valence-corrected chi connectivity index (χ2v) is 10.1. The third-order valence-electron chi connectivity index (χ3n) is 6.31. The Kier molecular flexibility index (Phi) is 10.1. The van der Waals surface area contributed by atoms with E-state index >= 15 is 0 Å². The number of ether oxygens (including phenoxy) is 1. The van der Waals surface area contributed by atoms with Gasteiger partial charge in [-0.25, -0.2) is 9.97 Å². The van der Waals surface area contributed by atoms with E-state index in [9.17, 15) is 14.4 Å². The predicted octanol–water partition coefficient (Wildman–Crippen LogP) is 5.96. The maximum Gasteiger partial charge on any atom is 0.246 e. The highest BCUT2D eigenvalue weighted by Crippen LogP contribution is 2.35. The molecule has 0 atom stereocenters. The lowest BCUT2D eigenvalue weighted by Gasteiger charge is -2.21. The van der Waals surface area contributed by atoms with Crippen molar-refractivity contribution >= 4 is 69.4 Å². The van der Waals surface area contributed by atoms with Crippen LogP contribution >= 0.6 is 23.2 Å². The van der Waals surface area contributed by atoms with Crippen molar-refractivity contribution in [1.29, 1.82) is 0 Å². The highest BCUT2D eigenvalue weighted by molar-refractivity contribution is 6.38. The summed E-state index contributed by atoms with van der Waals surface area (Å²) in [5, 5.41) is 6.82. The molecule has 2 heterocycles. The summed E-state index contributed by atoms with van der Waals surface area (Å²) in [6, 6.07) is 16.2. The van der Waals surface area contributed by atoms with E-state index in [1.807, 2.05) is 37.3 Å². The van der Waals surface area contributed by atoms with Crippen LogP contribution in [0, 0.1) is 6.92 Å². The maximum atomic E-state index is 12.9. The monoisotopic (exact) mass is 605 g/mol. The van der Waals surface area contributed by atoms with Crippen LogP contribution in [0.25, 0.3) is 17.0 Å². The number of aromatic nitrogens is 2. The van der Waals surface area contributed by atoms with Crippen LogP contribution in [0.3, 0.4) is 0 Å². The number of hydrogen-bond donors (Lipinski definition) is 2. The molecule has 42 heavy (non-hydrogen) atoms. The van der Waals surface area contributed by atoms with E-state index in [4.69, 9.17) is 27.9 Å². The zero-order chi connectivity index (χ0) is 30.2. The van der Waals surface area contributed by atoms with Gasteiger partial charge in [0.25, 0.3) is 0 Å². The van der Waals surface area contributed by atoms with Crippen molar-refractivity contribution in [2.45, 2.75) is 26.9 Å². The van der Waals surface area contributed by atoms with Gasteiger partial charge >= 0.3 is 0 Å². The van der Waals surface area contributed by atoms with Gasteiger partial charge in [0.15, 0.2) is 0 Å². The van der Waals surface area contributed by atoms with E-state index in [0.717, 1.165) is 16.6 Å². The first-order chi connectivity index (χ1) is 20.2. The summed E-state index contributed by atoms with van der Waals surface area (Å²) in [6.07, 6.45) is 4.72. The first-order valence-electron chi connectivity index (χ1n) is 13.1. The molecule has 0 unspecified atom stereocenters. The number of nitrogens with zero attached hydrogens (tertiary/aromatic N) is 3. The quantitative estimate of drug-likeness (QED) is 0.215. The van der Waals surface area contributed by atoms with Gasteiger partial charge in [0, 0.05) is 47.4 Å². The van der Waals surface area contributed by atoms with Gasteiger partial charge in [0.05, 0.1) is 17.3 Å². The van der Waals surface area contributed by atoms with Crippen LogP contribution in [0.4, 0.5) is 11.5 Å². The zero-order valence-corrected chi connectivity index (χ0v) is 24.8. The average molecular weight is 607 g/mol. The van der Waals surface area contributed by atoms with Crippen molar-refractivity contribution in [3.63, 3.8) is 0 Å². The molecule has 0 saturated heterocycles. The number of nitrogens with one attached hydrogen (secondary N) is 2. The van der Waals surface area contributed by atoms with E-state index in [1.165, 1.54) is 17.2 Å². The molecule has 2 N–H and O–H groups in total. The highest BCUT2D eigenvalue weighted by atomic mass is 35.5. The highest BCUT2D eigenvalue weighted by Gasteiger charge is 2.19. The Morgan fingerprint density at radius 1 is 1.05 bits per heavy atom. The van der Waals surface area contributed by atoms with Gasteiger partial charge in [0.1, 0.15) is 23.7 Å². The molecule has 0 radical (unpaired) electrons. The van der Waals surface area contributed by atoms with E-state index in [-0.39, 0.29) is 30.0 Å². The van der Waals surface area contributed by atoms with Crippen molar-refractivity contribution in [2.24, 2.45) is 0 Å². The van der Waals surface area contributed by atoms with Crippen LogP contribution in [0.2, 0.25) is 10.0 Å². The van der Waals surface area contributed by atoms with E-state index < -0.39 is 5.91 Å². The number of rotatable bonds is 10. The number of benzene rings is 2. The Bertz CT molecular complexity index is 1660. The van der Waals surface area contributed by atoms with Crippen molar-refractivity contribution in [2.75, 3.05) is 23.8 Å². The Labute approximate surface area is 253 Å². The van der Waals surface area contributed by atoms with Crippen LogP contribution in [-0.4, -0.2) is 41.3 Å². The minimum Gasteiger partial charge on any atom is -0.487 e. The van der Waals surface area contributed by atoms with Gasteiger partial charge in [0.2, 0.25) is 17.7 Å². The molecule has 9 nitrogen and oxygen atoms in total. The summed E-state index contributed by atoms with van der Waals surface area (Å²) in [7, 11) is 1.56. The van der Waals surface area contributed by atoms with Gasteiger partial charge in [-0.1, -0.05) is 48.3 Å². The minimum atomic E-state index is -0.463. The van der Waals surface area contributed by atoms with Crippen molar-refractivity contribution in [3.05, 3.63) is 93.7 Å². The molecule has 3 amide bonds. The summed E-state index contributed by atoms with van der Waals surface area (Å²) < 4.78 is 6.07. The van der Waals surface area contributed by atoms with Crippen molar-refractivity contribution in [3.8, 4) is 5.75 Å². The molecule has 216 valence electrons. The topological polar surface area (TPSA) is 114 Å². The van der Waals surface area contributed by atoms with Crippen LogP contribution in [0.1, 0.15) is 30.2 Å². The summed E-state index contributed by atoms with van der Waals surface area (Å²) in [6.45, 7) is 3.46. The maximum absolute atomic E-state index is 12.9. The Morgan fingerprint density at radius 3 is 2.60 bits per heavy atom. The van der Waals surface area contributed by atoms with E-state index in [2.05, 4.69) is 20.6 Å². The molecule has 4 rings (SSSR count). The van der Waals surface area contributed by atoms with Gasteiger partial charge in [-0.05, 0) is 55.0 Å². The zero-order valence-electron chi connectivity index (χ0n) is 23.3. The number of halogens is 2. The number of fused-ring (bicyclic) bond motifs is 1. The first kappa shape index (κ1) is 30.5. The predicted molar refractivity (Wildman–Crippen MR) is 166 cm³/mol. The average Bonchev–Trinajstić information content (AvgIpc) is 2.99. The van der Waals surface area contributed by atoms with Gasteiger partial charge < -0.3 is 20.3 Å². The molecule has 2 aromatic heterocycles. The normalized spacial score (nSPS) is 11.0. The third kappa shape index (κ3) is 7.63. The number of anilines is 2. The number of pyridine rings is 2. The lowest BCUT2D eigenvalue weighted by molar-refractivity contribution is -0.122. The van der Waals surface area contributed by atoms with E-state index in [1.54, 1.807) is 44.3 Å². The van der Waals surface area contributed by atoms with Crippen LogP contribution in [0.15, 0.2) is 66.9 Å². The summed E-state index contributed by atoms with van der Waals surface area (Å²) in [5.41, 5.74) is 3.18.